The van der Waals surface area contributed by atoms with Crippen LogP contribution < -0.4 is 10.1 Å². The van der Waals surface area contributed by atoms with Gasteiger partial charge in [-0.1, -0.05) is 0 Å². The lowest BCUT2D eigenvalue weighted by molar-refractivity contribution is 0.413. The topological polar surface area (TPSA) is 34.1 Å². The summed E-state index contributed by atoms with van der Waals surface area (Å²) in [7, 11) is 1.55. The Balaban J connectivity index is 1.78. The van der Waals surface area contributed by atoms with Crippen molar-refractivity contribution in [1.29, 1.82) is 0 Å². The molecular weight excluding hydrogens is 267 g/mol. The summed E-state index contributed by atoms with van der Waals surface area (Å²) in [5.74, 6) is 1.09. The van der Waals surface area contributed by atoms with Gasteiger partial charge in [0.25, 0.3) is 0 Å². The zero-order valence-corrected chi connectivity index (χ0v) is 12.1. The standard InChI is InChI=1S/C17H19FN2O/c1-21-17-7-15(18)4-5-16(17)14-6-13(10-20-11-14)9-19-8-12-2-3-12/h4-7,10-12,19H,2-3,8-9H2,1H3. The molecule has 0 amide bonds. The van der Waals surface area contributed by atoms with Crippen LogP contribution >= 0.6 is 0 Å². The van der Waals surface area contributed by atoms with E-state index in [1.807, 2.05) is 6.20 Å². The minimum atomic E-state index is -0.300. The van der Waals surface area contributed by atoms with Crippen molar-refractivity contribution in [3.05, 3.63) is 48.0 Å². The van der Waals surface area contributed by atoms with E-state index in [0.717, 1.165) is 35.7 Å². The number of rotatable bonds is 6. The Morgan fingerprint density at radius 1 is 1.29 bits per heavy atom. The second-order valence-electron chi connectivity index (χ2n) is 5.50. The van der Waals surface area contributed by atoms with Gasteiger partial charge in [0, 0.05) is 36.1 Å². The third-order valence-electron chi connectivity index (χ3n) is 3.73. The first kappa shape index (κ1) is 14.0. The highest BCUT2D eigenvalue weighted by atomic mass is 19.1. The molecule has 2 aromatic rings. The van der Waals surface area contributed by atoms with Gasteiger partial charge in [0.1, 0.15) is 11.6 Å². The van der Waals surface area contributed by atoms with Crippen LogP contribution in [0.2, 0.25) is 0 Å². The van der Waals surface area contributed by atoms with Crippen molar-refractivity contribution in [3.8, 4) is 16.9 Å². The molecule has 1 N–H and O–H groups in total. The zero-order chi connectivity index (χ0) is 14.7. The van der Waals surface area contributed by atoms with E-state index in [1.54, 1.807) is 19.4 Å². The maximum atomic E-state index is 13.3. The van der Waals surface area contributed by atoms with Crippen LogP contribution in [0.5, 0.6) is 5.75 Å². The minimum Gasteiger partial charge on any atom is -0.496 e. The molecule has 1 saturated carbocycles. The predicted octanol–water partition coefficient (Wildman–Crippen LogP) is 3.40. The fraction of sp³-hybridized carbons (Fsp3) is 0.353. The lowest BCUT2D eigenvalue weighted by atomic mass is 10.0. The van der Waals surface area contributed by atoms with Crippen LogP contribution in [0.1, 0.15) is 18.4 Å². The number of aromatic nitrogens is 1. The first-order chi connectivity index (χ1) is 10.3. The molecule has 1 aromatic heterocycles. The molecule has 0 unspecified atom stereocenters. The lowest BCUT2D eigenvalue weighted by Crippen LogP contribution is -2.16. The third kappa shape index (κ3) is 3.58. The number of hydrogen-bond acceptors (Lipinski definition) is 3. The molecule has 21 heavy (non-hydrogen) atoms. The Hall–Kier alpha value is -1.94. The molecule has 0 aliphatic heterocycles. The summed E-state index contributed by atoms with van der Waals surface area (Å²) in [4.78, 5) is 4.28. The van der Waals surface area contributed by atoms with Gasteiger partial charge in [-0.2, -0.15) is 0 Å². The average Bonchev–Trinajstić information content (AvgIpc) is 3.31. The smallest absolute Gasteiger partial charge is 0.129 e. The molecule has 1 aromatic carbocycles. The fourth-order valence-electron chi connectivity index (χ4n) is 2.38. The Morgan fingerprint density at radius 3 is 2.90 bits per heavy atom. The average molecular weight is 286 g/mol. The molecule has 1 fully saturated rings. The largest absolute Gasteiger partial charge is 0.496 e. The van der Waals surface area contributed by atoms with Gasteiger partial charge in [-0.05, 0) is 49.1 Å². The Labute approximate surface area is 124 Å². The van der Waals surface area contributed by atoms with Gasteiger partial charge >= 0.3 is 0 Å². The van der Waals surface area contributed by atoms with Crippen LogP contribution in [0.3, 0.4) is 0 Å². The van der Waals surface area contributed by atoms with Crippen LogP contribution in [-0.2, 0) is 6.54 Å². The second kappa shape index (κ2) is 6.22. The molecule has 3 nitrogen and oxygen atoms in total. The predicted molar refractivity (Wildman–Crippen MR) is 80.6 cm³/mol. The van der Waals surface area contributed by atoms with Gasteiger partial charge in [0.15, 0.2) is 0 Å². The number of hydrogen-bond donors (Lipinski definition) is 1. The maximum absolute atomic E-state index is 13.3. The van der Waals surface area contributed by atoms with Gasteiger partial charge in [0.05, 0.1) is 7.11 Å². The highest BCUT2D eigenvalue weighted by Crippen LogP contribution is 2.30. The summed E-state index contributed by atoms with van der Waals surface area (Å²) < 4.78 is 18.5. The van der Waals surface area contributed by atoms with E-state index < -0.39 is 0 Å². The Morgan fingerprint density at radius 2 is 2.14 bits per heavy atom. The summed E-state index contributed by atoms with van der Waals surface area (Å²) >= 11 is 0. The lowest BCUT2D eigenvalue weighted by Gasteiger charge is -2.10. The molecule has 3 rings (SSSR count). The van der Waals surface area contributed by atoms with E-state index in [1.165, 1.54) is 25.0 Å². The van der Waals surface area contributed by atoms with Crippen LogP contribution in [0.4, 0.5) is 4.39 Å². The number of methoxy groups -OCH3 is 1. The van der Waals surface area contributed by atoms with Crippen LogP contribution in [0.15, 0.2) is 36.7 Å². The molecule has 1 heterocycles. The zero-order valence-electron chi connectivity index (χ0n) is 12.1. The summed E-state index contributed by atoms with van der Waals surface area (Å²) in [5.41, 5.74) is 2.92. The van der Waals surface area contributed by atoms with Crippen LogP contribution in [0.25, 0.3) is 11.1 Å². The Kier molecular flexibility index (Phi) is 4.15. The van der Waals surface area contributed by atoms with E-state index in [4.69, 9.17) is 4.74 Å². The van der Waals surface area contributed by atoms with Crippen molar-refractivity contribution < 1.29 is 9.13 Å². The number of benzene rings is 1. The fourth-order valence-corrected chi connectivity index (χ4v) is 2.38. The minimum absolute atomic E-state index is 0.300. The second-order valence-corrected chi connectivity index (χ2v) is 5.50. The molecular formula is C17H19FN2O. The van der Waals surface area contributed by atoms with Gasteiger partial charge in [0.2, 0.25) is 0 Å². The van der Waals surface area contributed by atoms with E-state index in [-0.39, 0.29) is 5.82 Å². The molecule has 0 bridgehead atoms. The summed E-state index contributed by atoms with van der Waals surface area (Å²) in [6.45, 7) is 1.88. The van der Waals surface area contributed by atoms with Crippen LogP contribution in [-0.4, -0.2) is 18.6 Å². The monoisotopic (exact) mass is 286 g/mol. The molecule has 0 atom stereocenters. The van der Waals surface area contributed by atoms with E-state index in [9.17, 15) is 4.39 Å². The maximum Gasteiger partial charge on any atom is 0.129 e. The van der Waals surface area contributed by atoms with Crippen molar-refractivity contribution in [2.75, 3.05) is 13.7 Å². The van der Waals surface area contributed by atoms with Crippen LogP contribution in [0, 0.1) is 11.7 Å². The van der Waals surface area contributed by atoms with Crippen molar-refractivity contribution in [2.45, 2.75) is 19.4 Å². The Bertz CT molecular complexity index is 626. The number of nitrogens with zero attached hydrogens (tertiary/aromatic N) is 1. The van der Waals surface area contributed by atoms with Gasteiger partial charge < -0.3 is 10.1 Å². The van der Waals surface area contributed by atoms with Gasteiger partial charge in [-0.3, -0.25) is 4.98 Å². The number of pyridine rings is 1. The highest BCUT2D eigenvalue weighted by Gasteiger charge is 2.20. The molecule has 110 valence electrons. The first-order valence-electron chi connectivity index (χ1n) is 7.25. The van der Waals surface area contributed by atoms with E-state index in [0.29, 0.717) is 5.75 Å². The molecule has 0 spiro atoms. The third-order valence-corrected chi connectivity index (χ3v) is 3.73. The van der Waals surface area contributed by atoms with E-state index >= 15 is 0 Å². The van der Waals surface area contributed by atoms with Gasteiger partial charge in [-0.25, -0.2) is 4.39 Å². The van der Waals surface area contributed by atoms with Crippen molar-refractivity contribution in [2.24, 2.45) is 5.92 Å². The summed E-state index contributed by atoms with van der Waals surface area (Å²) in [6, 6.07) is 6.64. The molecule has 0 saturated heterocycles. The number of nitrogens with one attached hydrogen (secondary N) is 1. The van der Waals surface area contributed by atoms with Crippen molar-refractivity contribution in [1.82, 2.24) is 10.3 Å². The molecule has 4 heteroatoms. The van der Waals surface area contributed by atoms with Gasteiger partial charge in [-0.15, -0.1) is 0 Å². The quantitative estimate of drug-likeness (QED) is 0.883. The number of ether oxygens (including phenoxy) is 1. The SMILES string of the molecule is COc1cc(F)ccc1-c1cncc(CNCC2CC2)c1. The highest BCUT2D eigenvalue weighted by molar-refractivity contribution is 5.70. The molecule has 0 radical (unpaired) electrons. The number of halogens is 1. The normalized spacial score (nSPS) is 14.2. The van der Waals surface area contributed by atoms with E-state index in [2.05, 4.69) is 16.4 Å². The molecule has 1 aliphatic rings. The van der Waals surface area contributed by atoms with Crippen molar-refractivity contribution >= 4 is 0 Å². The summed E-state index contributed by atoms with van der Waals surface area (Å²) in [6.07, 6.45) is 6.33. The first-order valence-corrected chi connectivity index (χ1v) is 7.25. The molecule has 1 aliphatic carbocycles. The summed E-state index contributed by atoms with van der Waals surface area (Å²) in [5, 5.41) is 3.45. The van der Waals surface area contributed by atoms with Crippen molar-refractivity contribution in [3.63, 3.8) is 0 Å².